The van der Waals surface area contributed by atoms with Gasteiger partial charge in [-0.25, -0.2) is 8.78 Å². The molecule has 0 aliphatic heterocycles. The lowest BCUT2D eigenvalue weighted by atomic mass is 9.75. The van der Waals surface area contributed by atoms with Crippen LogP contribution < -0.4 is 0 Å². The first kappa shape index (κ1) is 13.4. The monoisotopic (exact) mass is 256 g/mol. The molecule has 18 heavy (non-hydrogen) atoms. The normalized spacial score (nSPS) is 19.3. The molecule has 1 aliphatic carbocycles. The van der Waals surface area contributed by atoms with Crippen molar-refractivity contribution in [2.24, 2.45) is 0 Å². The van der Waals surface area contributed by atoms with E-state index in [0.29, 0.717) is 12.0 Å². The van der Waals surface area contributed by atoms with E-state index in [4.69, 9.17) is 4.74 Å². The molecule has 1 saturated carbocycles. The Labute approximate surface area is 106 Å². The summed E-state index contributed by atoms with van der Waals surface area (Å²) in [6.07, 6.45) is 3.01. The van der Waals surface area contributed by atoms with Crippen molar-refractivity contribution in [2.75, 3.05) is 7.11 Å². The topological polar surface area (TPSA) is 29.5 Å². The quantitative estimate of drug-likeness (QED) is 0.877. The number of hydrogen-bond donors (Lipinski definition) is 1. The van der Waals surface area contributed by atoms with Gasteiger partial charge in [-0.1, -0.05) is 6.07 Å². The van der Waals surface area contributed by atoms with Gasteiger partial charge in [0.15, 0.2) is 0 Å². The molecule has 1 fully saturated rings. The van der Waals surface area contributed by atoms with E-state index in [2.05, 4.69) is 0 Å². The third-order valence-corrected chi connectivity index (χ3v) is 3.78. The lowest BCUT2D eigenvalue weighted by molar-refractivity contribution is -0.0989. The summed E-state index contributed by atoms with van der Waals surface area (Å²) >= 11 is 0. The SMILES string of the molecule is COC1(CC(O)Cc2ccc(F)cc2F)CCC1. The molecule has 100 valence electrons. The lowest BCUT2D eigenvalue weighted by Crippen LogP contribution is -2.42. The molecule has 1 aromatic carbocycles. The van der Waals surface area contributed by atoms with Gasteiger partial charge in [-0.3, -0.25) is 0 Å². The molecule has 0 bridgehead atoms. The summed E-state index contributed by atoms with van der Waals surface area (Å²) in [4.78, 5) is 0. The van der Waals surface area contributed by atoms with Crippen molar-refractivity contribution < 1.29 is 18.6 Å². The number of aliphatic hydroxyl groups excluding tert-OH is 1. The number of benzene rings is 1. The Balaban J connectivity index is 1.96. The van der Waals surface area contributed by atoms with E-state index >= 15 is 0 Å². The Morgan fingerprint density at radius 1 is 1.39 bits per heavy atom. The van der Waals surface area contributed by atoms with Gasteiger partial charge in [0.1, 0.15) is 11.6 Å². The summed E-state index contributed by atoms with van der Waals surface area (Å²) in [5.74, 6) is -1.20. The molecular formula is C14H18F2O2. The molecule has 0 spiro atoms. The van der Waals surface area contributed by atoms with Crippen molar-refractivity contribution in [3.63, 3.8) is 0 Å². The molecule has 1 N–H and O–H groups in total. The number of hydrogen-bond acceptors (Lipinski definition) is 2. The molecule has 1 unspecified atom stereocenters. The first-order valence-corrected chi connectivity index (χ1v) is 6.22. The highest BCUT2D eigenvalue weighted by Gasteiger charge is 2.38. The van der Waals surface area contributed by atoms with Crippen LogP contribution >= 0.6 is 0 Å². The van der Waals surface area contributed by atoms with Crippen molar-refractivity contribution >= 4 is 0 Å². The summed E-state index contributed by atoms with van der Waals surface area (Å²) in [5, 5.41) is 9.99. The summed E-state index contributed by atoms with van der Waals surface area (Å²) in [6, 6.07) is 3.44. The van der Waals surface area contributed by atoms with E-state index in [1.165, 1.54) is 12.1 Å². The summed E-state index contributed by atoms with van der Waals surface area (Å²) in [5.41, 5.74) is 0.102. The Morgan fingerprint density at radius 3 is 2.61 bits per heavy atom. The first-order chi connectivity index (χ1) is 8.54. The summed E-state index contributed by atoms with van der Waals surface area (Å²) in [7, 11) is 1.64. The van der Waals surface area contributed by atoms with Crippen molar-refractivity contribution in [1.82, 2.24) is 0 Å². The van der Waals surface area contributed by atoms with Gasteiger partial charge in [0.2, 0.25) is 0 Å². The van der Waals surface area contributed by atoms with Gasteiger partial charge in [0, 0.05) is 26.0 Å². The van der Waals surface area contributed by atoms with Gasteiger partial charge >= 0.3 is 0 Å². The molecule has 4 heteroatoms. The fourth-order valence-electron chi connectivity index (χ4n) is 2.51. The highest BCUT2D eigenvalue weighted by molar-refractivity contribution is 5.19. The standard InChI is InChI=1S/C14H18F2O2/c1-18-14(5-2-6-14)9-12(17)7-10-3-4-11(15)8-13(10)16/h3-4,8,12,17H,2,5-7,9H2,1H3. The average molecular weight is 256 g/mol. The van der Waals surface area contributed by atoms with Crippen LogP contribution in [0, 0.1) is 11.6 Å². The molecule has 0 radical (unpaired) electrons. The van der Waals surface area contributed by atoms with Crippen LogP contribution in [0.4, 0.5) is 8.78 Å². The fourth-order valence-corrected chi connectivity index (χ4v) is 2.51. The van der Waals surface area contributed by atoms with Gasteiger partial charge in [0.25, 0.3) is 0 Å². The molecule has 2 nitrogen and oxygen atoms in total. The Kier molecular flexibility index (Phi) is 3.97. The van der Waals surface area contributed by atoms with Crippen molar-refractivity contribution in [2.45, 2.75) is 43.8 Å². The van der Waals surface area contributed by atoms with Crippen LogP contribution in [-0.4, -0.2) is 23.9 Å². The Bertz CT molecular complexity index is 411. The van der Waals surface area contributed by atoms with E-state index in [9.17, 15) is 13.9 Å². The highest BCUT2D eigenvalue weighted by atomic mass is 19.1. The third-order valence-electron chi connectivity index (χ3n) is 3.78. The smallest absolute Gasteiger partial charge is 0.129 e. The number of halogens is 2. The molecular weight excluding hydrogens is 238 g/mol. The second-order valence-corrected chi connectivity index (χ2v) is 5.04. The van der Waals surface area contributed by atoms with Gasteiger partial charge in [-0.2, -0.15) is 0 Å². The predicted octanol–water partition coefficient (Wildman–Crippen LogP) is 2.83. The van der Waals surface area contributed by atoms with Crippen molar-refractivity contribution in [3.8, 4) is 0 Å². The average Bonchev–Trinajstić information content (AvgIpc) is 2.27. The van der Waals surface area contributed by atoms with E-state index in [0.717, 1.165) is 25.3 Å². The van der Waals surface area contributed by atoms with E-state index in [1.54, 1.807) is 7.11 Å². The van der Waals surface area contributed by atoms with E-state index in [1.807, 2.05) is 0 Å². The maximum atomic E-state index is 13.4. The highest BCUT2D eigenvalue weighted by Crippen LogP contribution is 2.39. The largest absolute Gasteiger partial charge is 0.393 e. The molecule has 1 aliphatic rings. The summed E-state index contributed by atoms with van der Waals surface area (Å²) in [6.45, 7) is 0. The van der Waals surface area contributed by atoms with Crippen LogP contribution in [0.25, 0.3) is 0 Å². The van der Waals surface area contributed by atoms with Crippen LogP contribution in [0.15, 0.2) is 18.2 Å². The zero-order valence-corrected chi connectivity index (χ0v) is 10.5. The maximum absolute atomic E-state index is 13.4. The molecule has 0 aromatic heterocycles. The number of ether oxygens (including phenoxy) is 1. The summed E-state index contributed by atoms with van der Waals surface area (Å²) < 4.78 is 31.6. The Morgan fingerprint density at radius 2 is 2.11 bits per heavy atom. The second kappa shape index (κ2) is 5.33. The zero-order chi connectivity index (χ0) is 13.2. The van der Waals surface area contributed by atoms with Gasteiger partial charge in [-0.05, 0) is 30.9 Å². The fraction of sp³-hybridized carbons (Fsp3) is 0.571. The molecule has 0 amide bonds. The Hall–Kier alpha value is -1.00. The minimum atomic E-state index is -0.662. The zero-order valence-electron chi connectivity index (χ0n) is 10.5. The number of methoxy groups -OCH3 is 1. The first-order valence-electron chi connectivity index (χ1n) is 6.22. The van der Waals surface area contributed by atoms with Gasteiger partial charge < -0.3 is 9.84 Å². The van der Waals surface area contributed by atoms with Gasteiger partial charge in [-0.15, -0.1) is 0 Å². The second-order valence-electron chi connectivity index (χ2n) is 5.04. The predicted molar refractivity (Wildman–Crippen MR) is 64.3 cm³/mol. The minimum absolute atomic E-state index is 0.192. The maximum Gasteiger partial charge on any atom is 0.129 e. The number of aliphatic hydroxyl groups is 1. The van der Waals surface area contributed by atoms with Crippen LogP contribution in [0.5, 0.6) is 0 Å². The van der Waals surface area contributed by atoms with Crippen LogP contribution in [-0.2, 0) is 11.2 Å². The van der Waals surface area contributed by atoms with Gasteiger partial charge in [0.05, 0.1) is 11.7 Å². The van der Waals surface area contributed by atoms with Crippen LogP contribution in [0.1, 0.15) is 31.2 Å². The molecule has 0 saturated heterocycles. The van der Waals surface area contributed by atoms with Crippen molar-refractivity contribution in [1.29, 1.82) is 0 Å². The molecule has 1 aromatic rings. The molecule has 0 heterocycles. The third kappa shape index (κ3) is 2.87. The number of rotatable bonds is 5. The lowest BCUT2D eigenvalue weighted by Gasteiger charge is -2.41. The van der Waals surface area contributed by atoms with Crippen LogP contribution in [0.2, 0.25) is 0 Å². The molecule has 1 atom stereocenters. The van der Waals surface area contributed by atoms with Crippen molar-refractivity contribution in [3.05, 3.63) is 35.4 Å². The van der Waals surface area contributed by atoms with E-state index < -0.39 is 17.7 Å². The van der Waals surface area contributed by atoms with Crippen LogP contribution in [0.3, 0.4) is 0 Å². The molecule has 2 rings (SSSR count). The minimum Gasteiger partial charge on any atom is -0.393 e. The van der Waals surface area contributed by atoms with E-state index in [-0.39, 0.29) is 12.0 Å².